The van der Waals surface area contributed by atoms with E-state index in [1.807, 2.05) is 36.4 Å². The maximum absolute atomic E-state index is 4.41. The van der Waals surface area contributed by atoms with Crippen LogP contribution in [0.25, 0.3) is 11.4 Å². The molecule has 0 bridgehead atoms. The van der Waals surface area contributed by atoms with Crippen molar-refractivity contribution < 1.29 is 0 Å². The van der Waals surface area contributed by atoms with Crippen molar-refractivity contribution in [1.82, 2.24) is 10.3 Å². The van der Waals surface area contributed by atoms with Crippen molar-refractivity contribution in [1.29, 1.82) is 0 Å². The van der Waals surface area contributed by atoms with E-state index >= 15 is 0 Å². The molecule has 2 aromatic rings. The molecule has 2 nitrogen and oxygen atoms in total. The van der Waals surface area contributed by atoms with Gasteiger partial charge in [0.1, 0.15) is 0 Å². The second-order valence-corrected chi connectivity index (χ2v) is 3.86. The van der Waals surface area contributed by atoms with E-state index in [-0.39, 0.29) is 0 Å². The molecule has 0 aromatic heterocycles. The Balaban J connectivity index is 2.10. The lowest BCUT2D eigenvalue weighted by Gasteiger charge is -1.99. The van der Waals surface area contributed by atoms with Crippen LogP contribution in [-0.2, 0) is 0 Å². The summed E-state index contributed by atoms with van der Waals surface area (Å²) in [7, 11) is 0. The van der Waals surface area contributed by atoms with Crippen LogP contribution in [0, 0.1) is 0 Å². The van der Waals surface area contributed by atoms with Crippen LogP contribution >= 0.6 is 0 Å². The average Bonchev–Trinajstić information content (AvgIpc) is 2.90. The summed E-state index contributed by atoms with van der Waals surface area (Å²) >= 11 is 0. The van der Waals surface area contributed by atoms with Crippen LogP contribution in [0.15, 0.2) is 60.7 Å². The highest BCUT2D eigenvalue weighted by Gasteiger charge is 2.22. The normalized spacial score (nSPS) is 13.9. The molecule has 1 N–H and O–H groups in total. The first kappa shape index (κ1) is 9.85. The van der Waals surface area contributed by atoms with Gasteiger partial charge in [0.2, 0.25) is 5.70 Å². The smallest absolute Gasteiger partial charge is 0.240 e. The van der Waals surface area contributed by atoms with Gasteiger partial charge >= 0.3 is 0 Å². The molecular formula is C15H12N2+. The molecule has 0 aliphatic carbocycles. The van der Waals surface area contributed by atoms with Gasteiger partial charge in [0.05, 0.1) is 0 Å². The van der Waals surface area contributed by atoms with Gasteiger partial charge in [-0.25, -0.2) is 5.32 Å². The Morgan fingerprint density at radius 1 is 0.706 bits per heavy atom. The molecule has 2 heteroatoms. The highest BCUT2D eigenvalue weighted by atomic mass is 15.0. The molecule has 0 saturated carbocycles. The molecule has 1 aliphatic rings. The second kappa shape index (κ2) is 4.26. The van der Waals surface area contributed by atoms with Gasteiger partial charge in [-0.05, 0) is 4.99 Å². The Kier molecular flexibility index (Phi) is 2.47. The molecule has 17 heavy (non-hydrogen) atoms. The van der Waals surface area contributed by atoms with E-state index in [2.05, 4.69) is 34.6 Å². The van der Waals surface area contributed by atoms with E-state index in [1.54, 1.807) is 6.34 Å². The number of nitrogens with one attached hydrogen (secondary N) is 1. The minimum atomic E-state index is 0.997. The van der Waals surface area contributed by atoms with Gasteiger partial charge in [0.15, 0.2) is 5.70 Å². The van der Waals surface area contributed by atoms with Crippen LogP contribution in [0.2, 0.25) is 0 Å². The van der Waals surface area contributed by atoms with Crippen LogP contribution in [0.3, 0.4) is 0 Å². The lowest BCUT2D eigenvalue weighted by molar-refractivity contribution is 1.37. The fraction of sp³-hybridized carbons (Fsp3) is 0. The Bertz CT molecular complexity index is 568. The van der Waals surface area contributed by atoms with E-state index in [0.717, 1.165) is 22.5 Å². The van der Waals surface area contributed by atoms with Crippen molar-refractivity contribution in [2.45, 2.75) is 0 Å². The van der Waals surface area contributed by atoms with Gasteiger partial charge in [-0.3, -0.25) is 0 Å². The third-order valence-corrected chi connectivity index (χ3v) is 2.75. The van der Waals surface area contributed by atoms with E-state index in [1.165, 1.54) is 0 Å². The summed E-state index contributed by atoms with van der Waals surface area (Å²) in [5, 5.41) is 3.21. The lowest BCUT2D eigenvalue weighted by atomic mass is 10.1. The summed E-state index contributed by atoms with van der Waals surface area (Å²) in [5.74, 6) is 0. The van der Waals surface area contributed by atoms with Gasteiger partial charge in [-0.2, -0.15) is 0 Å². The molecular weight excluding hydrogens is 208 g/mol. The van der Waals surface area contributed by atoms with Crippen molar-refractivity contribution in [2.75, 3.05) is 0 Å². The predicted octanol–water partition coefficient (Wildman–Crippen LogP) is 2.48. The summed E-state index contributed by atoms with van der Waals surface area (Å²) in [6, 6.07) is 20.5. The van der Waals surface area contributed by atoms with Crippen molar-refractivity contribution in [3.05, 3.63) is 71.8 Å². The number of hydrogen-bond donors (Lipinski definition) is 1. The topological polar surface area (TPSA) is 26.1 Å². The van der Waals surface area contributed by atoms with Gasteiger partial charge in [0, 0.05) is 11.1 Å². The molecule has 81 valence electrons. The summed E-state index contributed by atoms with van der Waals surface area (Å²) in [6.07, 6.45) is 1.74. The zero-order valence-electron chi connectivity index (χ0n) is 9.30. The first-order chi connectivity index (χ1) is 8.45. The van der Waals surface area contributed by atoms with E-state index in [4.69, 9.17) is 0 Å². The van der Waals surface area contributed by atoms with Crippen LogP contribution in [0.4, 0.5) is 0 Å². The minimum Gasteiger partial charge on any atom is -0.240 e. The molecule has 0 atom stereocenters. The summed E-state index contributed by atoms with van der Waals surface area (Å²) in [5.41, 5.74) is 4.35. The van der Waals surface area contributed by atoms with E-state index in [9.17, 15) is 0 Å². The fourth-order valence-corrected chi connectivity index (χ4v) is 1.93. The van der Waals surface area contributed by atoms with Gasteiger partial charge in [-0.1, -0.05) is 60.7 Å². The Morgan fingerprint density at radius 3 is 1.94 bits per heavy atom. The zero-order valence-corrected chi connectivity index (χ0v) is 9.30. The summed E-state index contributed by atoms with van der Waals surface area (Å²) in [4.78, 5) is 4.41. The highest BCUT2D eigenvalue weighted by molar-refractivity contribution is 5.98. The molecule has 0 saturated heterocycles. The van der Waals surface area contributed by atoms with E-state index in [0.29, 0.717) is 0 Å². The van der Waals surface area contributed by atoms with Crippen LogP contribution < -0.4 is 10.3 Å². The molecule has 1 aliphatic heterocycles. The van der Waals surface area contributed by atoms with Crippen molar-refractivity contribution in [3.8, 4) is 0 Å². The number of rotatable bonds is 2. The Morgan fingerprint density at radius 2 is 1.29 bits per heavy atom. The minimum absolute atomic E-state index is 0.997. The molecule has 1 heterocycles. The van der Waals surface area contributed by atoms with Crippen LogP contribution in [-0.4, -0.2) is 6.34 Å². The third-order valence-electron chi connectivity index (χ3n) is 2.75. The molecule has 0 spiro atoms. The molecule has 0 amide bonds. The quantitative estimate of drug-likeness (QED) is 0.826. The predicted molar refractivity (Wildman–Crippen MR) is 71.0 cm³/mol. The monoisotopic (exact) mass is 220 g/mol. The molecule has 0 unspecified atom stereocenters. The molecule has 0 fully saturated rings. The number of aliphatic imine (C=N–C) groups is 1. The van der Waals surface area contributed by atoms with Crippen molar-refractivity contribution in [2.24, 2.45) is 0 Å². The highest BCUT2D eigenvalue weighted by Crippen LogP contribution is 2.23. The third kappa shape index (κ3) is 1.85. The number of nitrogens with zero attached hydrogens (tertiary/aromatic N) is 1. The average molecular weight is 220 g/mol. The standard InChI is InChI=1S/C15H12N2/c1-3-7-12(8-4-1)14-15(17-11-16-14)13-9-5-2-6-10-13/h1-11,16H/q+1. The van der Waals surface area contributed by atoms with Crippen molar-refractivity contribution >= 4 is 17.7 Å². The second-order valence-electron chi connectivity index (χ2n) is 3.86. The zero-order chi connectivity index (χ0) is 11.5. The first-order valence-corrected chi connectivity index (χ1v) is 5.59. The fourth-order valence-electron chi connectivity index (χ4n) is 1.93. The molecule has 2 aromatic carbocycles. The van der Waals surface area contributed by atoms with Gasteiger partial charge in [0.25, 0.3) is 6.34 Å². The molecule has 1 radical (unpaired) electrons. The number of hydrogen-bond acceptors (Lipinski definition) is 2. The lowest BCUT2D eigenvalue weighted by Crippen LogP contribution is -2.05. The van der Waals surface area contributed by atoms with Gasteiger partial charge < -0.3 is 0 Å². The van der Waals surface area contributed by atoms with Crippen LogP contribution in [0.1, 0.15) is 11.1 Å². The molecule has 3 rings (SSSR count). The maximum atomic E-state index is 4.41. The maximum Gasteiger partial charge on any atom is 0.285 e. The van der Waals surface area contributed by atoms with Crippen LogP contribution in [0.5, 0.6) is 0 Å². The van der Waals surface area contributed by atoms with E-state index < -0.39 is 0 Å². The number of benzene rings is 2. The van der Waals surface area contributed by atoms with Gasteiger partial charge in [-0.15, -0.1) is 0 Å². The Hall–Kier alpha value is -2.35. The Labute approximate surface area is 100 Å². The summed E-state index contributed by atoms with van der Waals surface area (Å²) in [6.45, 7) is 0. The first-order valence-electron chi connectivity index (χ1n) is 5.59. The largest absolute Gasteiger partial charge is 0.285 e. The van der Waals surface area contributed by atoms with Crippen molar-refractivity contribution in [3.63, 3.8) is 0 Å². The summed E-state index contributed by atoms with van der Waals surface area (Å²) < 4.78 is 0. The SMILES string of the molecule is C1=[N+]C(c2ccccc2)=C(c2ccccc2)N1.